The van der Waals surface area contributed by atoms with Gasteiger partial charge in [0.05, 0.1) is 11.4 Å². The number of benzene rings is 1. The van der Waals surface area contributed by atoms with E-state index >= 15 is 0 Å². The number of aromatic amines is 1. The first-order chi connectivity index (χ1) is 14.1. The van der Waals surface area contributed by atoms with Gasteiger partial charge in [0.15, 0.2) is 0 Å². The molecule has 0 saturated heterocycles. The van der Waals surface area contributed by atoms with Crippen molar-refractivity contribution in [2.75, 3.05) is 16.9 Å². The van der Waals surface area contributed by atoms with E-state index in [-0.39, 0.29) is 11.7 Å². The Labute approximate surface area is 178 Å². The van der Waals surface area contributed by atoms with Gasteiger partial charge >= 0.3 is 0 Å². The molecule has 0 fully saturated rings. The zero-order chi connectivity index (χ0) is 20.2. The van der Waals surface area contributed by atoms with Gasteiger partial charge in [-0.1, -0.05) is 42.1 Å². The standard InChI is InChI=1S/C18H15BrN8OS/c19-12-6-7-15(21-9-12)22-16(28)10-29-18-26-25-17(27(18)20)14-8-13(23-24-14)11-4-2-1-3-5-11/h1-9H,10,20H2,(H,23,24)(H,21,22,28). The zero-order valence-corrected chi connectivity index (χ0v) is 17.3. The third-order valence-corrected chi connectivity index (χ3v) is 5.29. The van der Waals surface area contributed by atoms with Gasteiger partial charge in [-0.25, -0.2) is 9.66 Å². The van der Waals surface area contributed by atoms with Crippen molar-refractivity contribution in [1.29, 1.82) is 0 Å². The number of anilines is 1. The molecule has 4 rings (SSSR count). The van der Waals surface area contributed by atoms with Crippen LogP contribution in [0, 0.1) is 0 Å². The predicted octanol–water partition coefficient (Wildman–Crippen LogP) is 2.94. The highest BCUT2D eigenvalue weighted by atomic mass is 79.9. The second kappa shape index (κ2) is 8.45. The van der Waals surface area contributed by atoms with Gasteiger partial charge in [-0.2, -0.15) is 5.10 Å². The average molecular weight is 471 g/mol. The number of halogens is 1. The Bertz CT molecular complexity index is 1130. The minimum atomic E-state index is -0.220. The number of rotatable bonds is 6. The smallest absolute Gasteiger partial charge is 0.236 e. The number of hydrogen-bond acceptors (Lipinski definition) is 7. The Morgan fingerprint density at radius 3 is 2.79 bits per heavy atom. The number of nitrogens with one attached hydrogen (secondary N) is 2. The number of pyridine rings is 1. The van der Waals surface area contributed by atoms with Gasteiger partial charge in [0.1, 0.15) is 11.5 Å². The van der Waals surface area contributed by atoms with E-state index in [9.17, 15) is 4.79 Å². The fourth-order valence-electron chi connectivity index (χ4n) is 2.51. The minimum Gasteiger partial charge on any atom is -0.335 e. The summed E-state index contributed by atoms with van der Waals surface area (Å²) in [5, 5.41) is 18.5. The van der Waals surface area contributed by atoms with E-state index in [2.05, 4.69) is 46.6 Å². The Hall–Kier alpha value is -3.18. The van der Waals surface area contributed by atoms with Crippen LogP contribution in [-0.4, -0.2) is 41.7 Å². The number of aromatic nitrogens is 6. The van der Waals surface area contributed by atoms with Crippen LogP contribution in [0.25, 0.3) is 22.8 Å². The van der Waals surface area contributed by atoms with Gasteiger partial charge in [-0.15, -0.1) is 10.2 Å². The van der Waals surface area contributed by atoms with Crippen molar-refractivity contribution in [1.82, 2.24) is 30.1 Å². The molecule has 0 unspecified atom stereocenters. The molecule has 3 aromatic heterocycles. The Kier molecular flexibility index (Phi) is 5.58. The summed E-state index contributed by atoms with van der Waals surface area (Å²) in [6.45, 7) is 0. The van der Waals surface area contributed by atoms with Gasteiger partial charge < -0.3 is 11.2 Å². The number of thioether (sulfide) groups is 1. The molecule has 0 radical (unpaired) electrons. The van der Waals surface area contributed by atoms with Crippen LogP contribution >= 0.6 is 27.7 Å². The number of amides is 1. The lowest BCUT2D eigenvalue weighted by molar-refractivity contribution is -0.113. The van der Waals surface area contributed by atoms with Crippen molar-refractivity contribution >= 4 is 39.4 Å². The lowest BCUT2D eigenvalue weighted by Gasteiger charge is -2.04. The van der Waals surface area contributed by atoms with E-state index in [0.29, 0.717) is 22.5 Å². The molecular weight excluding hydrogens is 456 g/mol. The number of hydrogen-bond donors (Lipinski definition) is 3. The Morgan fingerprint density at radius 1 is 1.21 bits per heavy atom. The number of nitrogens with zero attached hydrogens (tertiary/aromatic N) is 5. The summed E-state index contributed by atoms with van der Waals surface area (Å²) in [6, 6.07) is 15.1. The third kappa shape index (κ3) is 4.46. The summed E-state index contributed by atoms with van der Waals surface area (Å²) in [6.07, 6.45) is 1.61. The third-order valence-electron chi connectivity index (χ3n) is 3.88. The molecule has 1 amide bonds. The lowest BCUT2D eigenvalue weighted by atomic mass is 10.1. The highest BCUT2D eigenvalue weighted by Crippen LogP contribution is 2.24. The molecule has 29 heavy (non-hydrogen) atoms. The van der Waals surface area contributed by atoms with Crippen molar-refractivity contribution in [2.24, 2.45) is 0 Å². The predicted molar refractivity (Wildman–Crippen MR) is 114 cm³/mol. The van der Waals surface area contributed by atoms with Gasteiger partial charge in [0.2, 0.25) is 16.9 Å². The number of carbonyl (C=O) groups is 1. The van der Waals surface area contributed by atoms with E-state index < -0.39 is 0 Å². The summed E-state index contributed by atoms with van der Waals surface area (Å²) < 4.78 is 2.17. The van der Waals surface area contributed by atoms with Gasteiger partial charge in [-0.05, 0) is 34.1 Å². The maximum atomic E-state index is 12.1. The monoisotopic (exact) mass is 470 g/mol. The van der Waals surface area contributed by atoms with Crippen LogP contribution in [-0.2, 0) is 4.79 Å². The molecule has 0 bridgehead atoms. The SMILES string of the molecule is Nn1c(SCC(=O)Nc2ccc(Br)cn2)nnc1-c1cc(-c2ccccc2)n[nH]1. The molecule has 4 aromatic rings. The number of carbonyl (C=O) groups excluding carboxylic acids is 1. The van der Waals surface area contributed by atoms with Crippen molar-refractivity contribution in [2.45, 2.75) is 5.16 Å². The molecule has 3 heterocycles. The van der Waals surface area contributed by atoms with Crippen molar-refractivity contribution in [3.63, 3.8) is 0 Å². The fourth-order valence-corrected chi connectivity index (χ4v) is 3.40. The molecule has 4 N–H and O–H groups in total. The Balaban J connectivity index is 1.42. The minimum absolute atomic E-state index is 0.116. The van der Waals surface area contributed by atoms with Crippen LogP contribution in [0.4, 0.5) is 5.82 Å². The van der Waals surface area contributed by atoms with Crippen LogP contribution in [0.2, 0.25) is 0 Å². The molecule has 0 aliphatic rings. The van der Waals surface area contributed by atoms with E-state index in [1.165, 1.54) is 16.4 Å². The summed E-state index contributed by atoms with van der Waals surface area (Å²) in [5.74, 6) is 6.91. The van der Waals surface area contributed by atoms with Crippen LogP contribution in [0.15, 0.2) is 64.4 Å². The summed E-state index contributed by atoms with van der Waals surface area (Å²) in [5.41, 5.74) is 2.39. The topological polar surface area (TPSA) is 127 Å². The van der Waals surface area contributed by atoms with E-state index in [0.717, 1.165) is 15.7 Å². The molecule has 0 spiro atoms. The molecule has 11 heteroatoms. The van der Waals surface area contributed by atoms with E-state index in [1.807, 2.05) is 36.4 Å². The van der Waals surface area contributed by atoms with E-state index in [1.54, 1.807) is 18.3 Å². The highest BCUT2D eigenvalue weighted by molar-refractivity contribution is 9.10. The van der Waals surface area contributed by atoms with Crippen molar-refractivity contribution in [3.8, 4) is 22.8 Å². The first-order valence-electron chi connectivity index (χ1n) is 8.46. The lowest BCUT2D eigenvalue weighted by Crippen LogP contribution is -2.17. The molecule has 146 valence electrons. The van der Waals surface area contributed by atoms with Crippen LogP contribution in [0.3, 0.4) is 0 Å². The van der Waals surface area contributed by atoms with Crippen molar-refractivity contribution < 1.29 is 4.79 Å². The molecule has 0 aliphatic carbocycles. The zero-order valence-electron chi connectivity index (χ0n) is 14.9. The average Bonchev–Trinajstić information content (AvgIpc) is 3.36. The quantitative estimate of drug-likeness (QED) is 0.292. The normalized spacial score (nSPS) is 10.8. The molecule has 1 aromatic carbocycles. The summed E-state index contributed by atoms with van der Waals surface area (Å²) in [7, 11) is 0. The second-order valence-electron chi connectivity index (χ2n) is 5.91. The largest absolute Gasteiger partial charge is 0.335 e. The first-order valence-corrected chi connectivity index (χ1v) is 10.2. The highest BCUT2D eigenvalue weighted by Gasteiger charge is 2.16. The second-order valence-corrected chi connectivity index (χ2v) is 7.77. The molecule has 0 aliphatic heterocycles. The van der Waals surface area contributed by atoms with Gasteiger partial charge in [0, 0.05) is 16.2 Å². The summed E-state index contributed by atoms with van der Waals surface area (Å²) in [4.78, 5) is 16.2. The Morgan fingerprint density at radius 2 is 2.03 bits per heavy atom. The first kappa shape index (κ1) is 19.2. The van der Waals surface area contributed by atoms with Crippen LogP contribution < -0.4 is 11.2 Å². The molecular formula is C18H15BrN8OS. The number of nitrogens with two attached hydrogens (primary N) is 1. The van der Waals surface area contributed by atoms with Crippen LogP contribution in [0.5, 0.6) is 0 Å². The maximum Gasteiger partial charge on any atom is 0.236 e. The molecule has 0 saturated carbocycles. The van der Waals surface area contributed by atoms with Gasteiger partial charge in [0.25, 0.3) is 0 Å². The molecule has 9 nitrogen and oxygen atoms in total. The number of nitrogen functional groups attached to an aromatic ring is 1. The van der Waals surface area contributed by atoms with Crippen LogP contribution in [0.1, 0.15) is 0 Å². The molecule has 0 atom stereocenters. The number of H-pyrrole nitrogens is 1. The van der Waals surface area contributed by atoms with Gasteiger partial charge in [-0.3, -0.25) is 9.89 Å². The summed E-state index contributed by atoms with van der Waals surface area (Å²) >= 11 is 4.48. The maximum absolute atomic E-state index is 12.1. The van der Waals surface area contributed by atoms with Crippen molar-refractivity contribution in [3.05, 3.63) is 59.2 Å². The van der Waals surface area contributed by atoms with E-state index in [4.69, 9.17) is 5.84 Å². The fraction of sp³-hybridized carbons (Fsp3) is 0.0556.